The Morgan fingerprint density at radius 3 is 2.88 bits per heavy atom. The Kier molecular flexibility index (Phi) is 3.66. The van der Waals surface area contributed by atoms with Gasteiger partial charge in [0, 0.05) is 11.5 Å². The van der Waals surface area contributed by atoms with Crippen LogP contribution in [0.15, 0.2) is 18.2 Å². The van der Waals surface area contributed by atoms with Gasteiger partial charge in [0.2, 0.25) is 0 Å². The Bertz CT molecular complexity index is 618. The summed E-state index contributed by atoms with van der Waals surface area (Å²) in [5.41, 5.74) is 3.69. The molecule has 1 saturated heterocycles. The van der Waals surface area contributed by atoms with E-state index in [9.17, 15) is 0 Å². The highest BCUT2D eigenvalue weighted by Crippen LogP contribution is 2.54. The summed E-state index contributed by atoms with van der Waals surface area (Å²) >= 11 is 0. The van der Waals surface area contributed by atoms with Crippen molar-refractivity contribution < 1.29 is 4.74 Å². The lowest BCUT2D eigenvalue weighted by atomic mass is 9.53. The van der Waals surface area contributed by atoms with E-state index in [1.807, 2.05) is 0 Å². The third-order valence-electron chi connectivity index (χ3n) is 7.75. The summed E-state index contributed by atoms with van der Waals surface area (Å²) < 4.78 is 6.38. The van der Waals surface area contributed by atoms with Gasteiger partial charge in [-0.05, 0) is 87.1 Å². The van der Waals surface area contributed by atoms with Crippen LogP contribution in [0, 0.1) is 11.8 Å². The molecular formula is C22H31NO. The molecule has 0 radical (unpaired) electrons. The Morgan fingerprint density at radius 1 is 1.12 bits per heavy atom. The fourth-order valence-corrected chi connectivity index (χ4v) is 6.20. The van der Waals surface area contributed by atoms with Crippen LogP contribution in [-0.4, -0.2) is 18.7 Å². The van der Waals surface area contributed by atoms with Gasteiger partial charge in [-0.3, -0.25) is 0 Å². The van der Waals surface area contributed by atoms with Gasteiger partial charge in [-0.25, -0.2) is 0 Å². The van der Waals surface area contributed by atoms with Gasteiger partial charge >= 0.3 is 0 Å². The number of piperidine rings is 1. The van der Waals surface area contributed by atoms with Gasteiger partial charge in [-0.1, -0.05) is 25.3 Å². The minimum absolute atomic E-state index is 0.376. The van der Waals surface area contributed by atoms with Crippen LogP contribution in [0.1, 0.15) is 69.4 Å². The van der Waals surface area contributed by atoms with Crippen molar-refractivity contribution >= 4 is 0 Å². The molecule has 1 unspecified atom stereocenters. The molecule has 1 aromatic rings. The summed E-state index contributed by atoms with van der Waals surface area (Å²) in [5, 5.41) is 3.83. The van der Waals surface area contributed by atoms with Crippen molar-refractivity contribution in [3.63, 3.8) is 0 Å². The molecule has 0 spiro atoms. The zero-order chi connectivity index (χ0) is 16.1. The standard InChI is InChI=1S/C22H31NO/c1-15(16-5-4-6-16)24-18-9-8-17-13-21-19-7-2-3-10-22(19,11-12-23-21)20(17)14-18/h8-9,14-16,19,21,23H,2-7,10-13H2,1H3/t15?,19-,21+,22+/m0/s1. The lowest BCUT2D eigenvalue weighted by Gasteiger charge is -2.56. The molecule has 2 nitrogen and oxygen atoms in total. The van der Waals surface area contributed by atoms with Gasteiger partial charge in [0.25, 0.3) is 0 Å². The maximum Gasteiger partial charge on any atom is 0.120 e. The summed E-state index contributed by atoms with van der Waals surface area (Å²) in [5.74, 6) is 2.76. The lowest BCUT2D eigenvalue weighted by Crippen LogP contribution is -2.59. The van der Waals surface area contributed by atoms with Gasteiger partial charge in [0.15, 0.2) is 0 Å². The van der Waals surface area contributed by atoms with Crippen molar-refractivity contribution in [2.24, 2.45) is 11.8 Å². The molecule has 4 aliphatic rings. The molecule has 0 amide bonds. The van der Waals surface area contributed by atoms with E-state index >= 15 is 0 Å². The fourth-order valence-electron chi connectivity index (χ4n) is 6.20. The number of ether oxygens (including phenoxy) is 1. The number of hydrogen-bond donors (Lipinski definition) is 1. The van der Waals surface area contributed by atoms with Crippen LogP contribution in [0.5, 0.6) is 5.75 Å². The molecule has 1 aromatic carbocycles. The molecule has 4 atom stereocenters. The van der Waals surface area contributed by atoms with Gasteiger partial charge in [0.1, 0.15) is 5.75 Å². The van der Waals surface area contributed by atoms with Crippen molar-refractivity contribution in [2.45, 2.75) is 82.3 Å². The Hall–Kier alpha value is -1.02. The fraction of sp³-hybridized carbons (Fsp3) is 0.727. The molecule has 1 heterocycles. The normalized spacial score (nSPS) is 36.2. The first-order chi connectivity index (χ1) is 11.8. The lowest BCUT2D eigenvalue weighted by molar-refractivity contribution is 0.0774. The van der Waals surface area contributed by atoms with Crippen LogP contribution in [-0.2, 0) is 11.8 Å². The maximum absolute atomic E-state index is 6.38. The van der Waals surface area contributed by atoms with Crippen LogP contribution < -0.4 is 10.1 Å². The predicted octanol–water partition coefficient (Wildman–Crippen LogP) is 4.60. The van der Waals surface area contributed by atoms with E-state index in [1.54, 1.807) is 11.1 Å². The summed E-state index contributed by atoms with van der Waals surface area (Å²) in [4.78, 5) is 0. The van der Waals surface area contributed by atoms with Crippen LogP contribution in [0.3, 0.4) is 0 Å². The van der Waals surface area contributed by atoms with Crippen LogP contribution >= 0.6 is 0 Å². The van der Waals surface area contributed by atoms with Crippen molar-refractivity contribution in [1.82, 2.24) is 5.32 Å². The molecule has 130 valence electrons. The van der Waals surface area contributed by atoms with Gasteiger partial charge in [0.05, 0.1) is 6.10 Å². The van der Waals surface area contributed by atoms with Crippen molar-refractivity contribution in [2.75, 3.05) is 6.54 Å². The van der Waals surface area contributed by atoms with E-state index < -0.39 is 0 Å². The predicted molar refractivity (Wildman–Crippen MR) is 97.6 cm³/mol. The van der Waals surface area contributed by atoms with E-state index in [1.165, 1.54) is 64.3 Å². The number of rotatable bonds is 3. The monoisotopic (exact) mass is 325 g/mol. The highest BCUT2D eigenvalue weighted by atomic mass is 16.5. The molecule has 2 heteroatoms. The second kappa shape index (κ2) is 5.76. The highest BCUT2D eigenvalue weighted by molar-refractivity contribution is 5.45. The van der Waals surface area contributed by atoms with Gasteiger partial charge in [-0.2, -0.15) is 0 Å². The van der Waals surface area contributed by atoms with Crippen LogP contribution in [0.2, 0.25) is 0 Å². The number of hydrogen-bond acceptors (Lipinski definition) is 2. The third kappa shape index (κ3) is 2.25. The zero-order valence-electron chi connectivity index (χ0n) is 15.0. The molecule has 1 N–H and O–H groups in total. The minimum atomic E-state index is 0.376. The van der Waals surface area contributed by atoms with Crippen LogP contribution in [0.4, 0.5) is 0 Å². The summed E-state index contributed by atoms with van der Waals surface area (Å²) in [6, 6.07) is 7.78. The maximum atomic E-state index is 6.38. The smallest absolute Gasteiger partial charge is 0.120 e. The SMILES string of the molecule is CC(Oc1ccc2c(c1)[C@@]13CCCC[C@H]1[C@@H](C2)NCC3)C1CCC1. The third-order valence-corrected chi connectivity index (χ3v) is 7.75. The number of fused-ring (bicyclic) bond motifs is 1. The molecular weight excluding hydrogens is 294 g/mol. The van der Waals surface area contributed by atoms with E-state index in [-0.39, 0.29) is 0 Å². The first-order valence-electron chi connectivity index (χ1n) is 10.3. The number of nitrogens with one attached hydrogen (secondary N) is 1. The molecule has 5 rings (SSSR count). The minimum Gasteiger partial charge on any atom is -0.490 e. The van der Waals surface area contributed by atoms with Gasteiger partial charge < -0.3 is 10.1 Å². The first-order valence-corrected chi connectivity index (χ1v) is 10.3. The average Bonchev–Trinajstić information content (AvgIpc) is 2.54. The molecule has 2 bridgehead atoms. The molecule has 2 saturated carbocycles. The molecule has 0 aromatic heterocycles. The first kappa shape index (κ1) is 15.3. The molecule has 3 fully saturated rings. The van der Waals surface area contributed by atoms with E-state index in [0.29, 0.717) is 17.6 Å². The Morgan fingerprint density at radius 2 is 2.04 bits per heavy atom. The van der Waals surface area contributed by atoms with Gasteiger partial charge in [-0.15, -0.1) is 0 Å². The van der Waals surface area contributed by atoms with Crippen LogP contribution in [0.25, 0.3) is 0 Å². The van der Waals surface area contributed by atoms with Crippen molar-refractivity contribution in [3.05, 3.63) is 29.3 Å². The summed E-state index contributed by atoms with van der Waals surface area (Å²) in [6.45, 7) is 3.47. The van der Waals surface area contributed by atoms with Crippen molar-refractivity contribution in [1.29, 1.82) is 0 Å². The highest BCUT2D eigenvalue weighted by Gasteiger charge is 2.51. The zero-order valence-corrected chi connectivity index (χ0v) is 15.0. The molecule has 1 aliphatic heterocycles. The van der Waals surface area contributed by atoms with E-state index in [2.05, 4.69) is 30.4 Å². The quantitative estimate of drug-likeness (QED) is 0.877. The molecule has 24 heavy (non-hydrogen) atoms. The van der Waals surface area contributed by atoms with E-state index in [0.717, 1.165) is 17.6 Å². The number of benzene rings is 1. The van der Waals surface area contributed by atoms with E-state index in [4.69, 9.17) is 4.74 Å². The summed E-state index contributed by atoms with van der Waals surface area (Å²) in [7, 11) is 0. The topological polar surface area (TPSA) is 21.3 Å². The Balaban J connectivity index is 1.48. The second-order valence-electron chi connectivity index (χ2n) is 8.86. The summed E-state index contributed by atoms with van der Waals surface area (Å²) in [6.07, 6.45) is 12.7. The largest absolute Gasteiger partial charge is 0.490 e. The average molecular weight is 325 g/mol. The Labute approximate surface area is 146 Å². The second-order valence-corrected chi connectivity index (χ2v) is 8.86. The van der Waals surface area contributed by atoms with Crippen molar-refractivity contribution in [3.8, 4) is 5.75 Å². The molecule has 3 aliphatic carbocycles.